The zero-order valence-corrected chi connectivity index (χ0v) is 22.8. The number of aliphatic hydroxyl groups excluding tert-OH is 1. The fraction of sp³-hybridized carbons (Fsp3) is 0.600. The van der Waals surface area contributed by atoms with Crippen molar-refractivity contribution < 1.29 is 29.6 Å². The number of carboxylic acids is 1. The highest BCUT2D eigenvalue weighted by molar-refractivity contribution is 6.00. The summed E-state index contributed by atoms with van der Waals surface area (Å²) >= 11 is 0. The Morgan fingerprint density at radius 3 is 2.65 bits per heavy atom. The van der Waals surface area contributed by atoms with Crippen molar-refractivity contribution in [2.24, 2.45) is 5.92 Å². The SMILES string of the molecule is CC(C)=CCC/C(C)=C/CCC1CC(O)Cc2c(O)cc3c(c2O1)CN(CCCC[C@H](C)C(=O)O)C3=O. The van der Waals surface area contributed by atoms with Crippen LogP contribution in [0.15, 0.2) is 29.4 Å². The molecular formula is C30H43NO6. The van der Waals surface area contributed by atoms with Crippen LogP contribution in [0.1, 0.15) is 101 Å². The number of hydrogen-bond acceptors (Lipinski definition) is 5. The van der Waals surface area contributed by atoms with Gasteiger partial charge in [0.25, 0.3) is 5.91 Å². The van der Waals surface area contributed by atoms with Gasteiger partial charge in [-0.2, -0.15) is 0 Å². The molecule has 7 nitrogen and oxygen atoms in total. The standard InChI is InChI=1S/C30H43NO6/c1-19(2)9-7-10-20(3)11-8-13-23-15-22(32)16-25-27(33)17-24-26(28(25)37-23)18-31(29(24)34)14-6-5-12-21(4)30(35)36/h9,11,17,21-23,32-33H,5-8,10,12-16,18H2,1-4H3,(H,35,36)/b20-11+/t21-,22?,23?/m0/s1. The predicted octanol–water partition coefficient (Wildman–Crippen LogP) is 5.77. The number of unbranched alkanes of at least 4 members (excludes halogenated alkanes) is 1. The Bertz CT molecular complexity index is 1040. The van der Waals surface area contributed by atoms with Gasteiger partial charge in [-0.3, -0.25) is 9.59 Å². The lowest BCUT2D eigenvalue weighted by molar-refractivity contribution is -0.141. The number of phenols is 1. The zero-order valence-electron chi connectivity index (χ0n) is 22.8. The molecule has 204 valence electrons. The van der Waals surface area contributed by atoms with Crippen molar-refractivity contribution in [2.45, 2.75) is 104 Å². The Kier molecular flexibility index (Phi) is 10.2. The molecule has 0 aromatic heterocycles. The second-order valence-corrected chi connectivity index (χ2v) is 11.0. The normalized spacial score (nSPS) is 20.1. The maximum Gasteiger partial charge on any atom is 0.306 e. The Balaban J connectivity index is 1.67. The fourth-order valence-corrected chi connectivity index (χ4v) is 5.13. The van der Waals surface area contributed by atoms with Crippen LogP contribution >= 0.6 is 0 Å². The highest BCUT2D eigenvalue weighted by atomic mass is 16.5. The molecule has 37 heavy (non-hydrogen) atoms. The number of rotatable bonds is 12. The van der Waals surface area contributed by atoms with Crippen LogP contribution in [0.4, 0.5) is 0 Å². The summed E-state index contributed by atoms with van der Waals surface area (Å²) in [4.78, 5) is 25.9. The Morgan fingerprint density at radius 1 is 1.19 bits per heavy atom. The number of nitrogens with zero attached hydrogens (tertiary/aromatic N) is 1. The van der Waals surface area contributed by atoms with Gasteiger partial charge >= 0.3 is 5.97 Å². The van der Waals surface area contributed by atoms with E-state index in [4.69, 9.17) is 9.84 Å². The second-order valence-electron chi connectivity index (χ2n) is 11.0. The van der Waals surface area contributed by atoms with E-state index in [9.17, 15) is 19.8 Å². The number of carbonyl (C=O) groups excluding carboxylic acids is 1. The number of aliphatic hydroxyl groups is 1. The van der Waals surface area contributed by atoms with E-state index in [2.05, 4.69) is 32.9 Å². The van der Waals surface area contributed by atoms with Gasteiger partial charge in [0.1, 0.15) is 17.6 Å². The number of carboxylic acid groups (broad SMARTS) is 1. The molecule has 1 aromatic carbocycles. The van der Waals surface area contributed by atoms with Crippen LogP contribution in [0.3, 0.4) is 0 Å². The molecule has 1 amide bonds. The molecule has 3 rings (SSSR count). The van der Waals surface area contributed by atoms with Crippen LogP contribution in [0.25, 0.3) is 0 Å². The van der Waals surface area contributed by atoms with E-state index < -0.39 is 18.0 Å². The molecule has 3 N–H and O–H groups in total. The van der Waals surface area contributed by atoms with Crippen LogP contribution in [0.2, 0.25) is 0 Å². The first-order valence-electron chi connectivity index (χ1n) is 13.6. The van der Waals surface area contributed by atoms with Crippen LogP contribution in [0, 0.1) is 5.92 Å². The number of benzene rings is 1. The molecule has 0 aliphatic carbocycles. The molecule has 0 saturated carbocycles. The molecule has 1 aromatic rings. The lowest BCUT2D eigenvalue weighted by Crippen LogP contribution is -2.25. The summed E-state index contributed by atoms with van der Waals surface area (Å²) in [6, 6.07) is 1.51. The van der Waals surface area contributed by atoms with E-state index in [1.807, 2.05) is 0 Å². The number of fused-ring (bicyclic) bond motifs is 3. The molecular weight excluding hydrogens is 470 g/mol. The van der Waals surface area contributed by atoms with Crippen molar-refractivity contribution >= 4 is 11.9 Å². The monoisotopic (exact) mass is 513 g/mol. The maximum atomic E-state index is 13.1. The van der Waals surface area contributed by atoms with Crippen molar-refractivity contribution in [1.82, 2.24) is 4.90 Å². The van der Waals surface area contributed by atoms with E-state index in [0.29, 0.717) is 55.6 Å². The number of amides is 1. The first kappa shape index (κ1) is 28.8. The Hall–Kier alpha value is -2.80. The lowest BCUT2D eigenvalue weighted by Gasteiger charge is -2.20. The maximum absolute atomic E-state index is 13.1. The number of aromatic hydroxyl groups is 1. The van der Waals surface area contributed by atoms with Gasteiger partial charge in [-0.25, -0.2) is 0 Å². The molecule has 0 spiro atoms. The molecule has 7 heteroatoms. The number of allylic oxidation sites excluding steroid dienone is 4. The quantitative estimate of drug-likeness (QED) is 0.242. The summed E-state index contributed by atoms with van der Waals surface area (Å²) in [5, 5.41) is 30.4. The minimum atomic E-state index is -0.800. The minimum absolute atomic E-state index is 0.00561. The third-order valence-corrected chi connectivity index (χ3v) is 7.40. The van der Waals surface area contributed by atoms with Crippen LogP contribution < -0.4 is 4.74 Å². The second kappa shape index (κ2) is 13.1. The molecule has 3 atom stereocenters. The number of hydrogen-bond donors (Lipinski definition) is 3. The molecule has 0 fully saturated rings. The van der Waals surface area contributed by atoms with Gasteiger partial charge in [0.05, 0.1) is 24.1 Å². The first-order chi connectivity index (χ1) is 17.6. The van der Waals surface area contributed by atoms with Crippen molar-refractivity contribution in [1.29, 1.82) is 0 Å². The van der Waals surface area contributed by atoms with Gasteiger partial charge < -0.3 is 25.0 Å². The largest absolute Gasteiger partial charge is 0.508 e. The van der Waals surface area contributed by atoms with Gasteiger partial charge in [0.2, 0.25) is 0 Å². The molecule has 2 unspecified atom stereocenters. The van der Waals surface area contributed by atoms with Gasteiger partial charge in [0.15, 0.2) is 0 Å². The average molecular weight is 514 g/mol. The predicted molar refractivity (Wildman–Crippen MR) is 144 cm³/mol. The van der Waals surface area contributed by atoms with Crippen molar-refractivity contribution in [3.8, 4) is 11.5 Å². The summed E-state index contributed by atoms with van der Waals surface area (Å²) in [7, 11) is 0. The number of aliphatic carboxylic acids is 1. The molecule has 0 saturated heterocycles. The molecule has 0 bridgehead atoms. The highest BCUT2D eigenvalue weighted by Gasteiger charge is 2.36. The number of phenolic OH excluding ortho intramolecular Hbond substituents is 1. The lowest BCUT2D eigenvalue weighted by atomic mass is 9.98. The van der Waals surface area contributed by atoms with E-state index in [1.165, 1.54) is 17.2 Å². The van der Waals surface area contributed by atoms with E-state index in [0.717, 1.165) is 37.7 Å². The third kappa shape index (κ3) is 7.84. The van der Waals surface area contributed by atoms with Gasteiger partial charge in [-0.05, 0) is 65.4 Å². The summed E-state index contributed by atoms with van der Waals surface area (Å²) < 4.78 is 6.42. The van der Waals surface area contributed by atoms with Crippen LogP contribution in [-0.2, 0) is 17.8 Å². The van der Waals surface area contributed by atoms with E-state index in [-0.39, 0.29) is 17.8 Å². The topological polar surface area (TPSA) is 107 Å². The van der Waals surface area contributed by atoms with Gasteiger partial charge in [-0.1, -0.05) is 36.6 Å². The minimum Gasteiger partial charge on any atom is -0.508 e. The Labute approximate surface area is 220 Å². The van der Waals surface area contributed by atoms with Crippen LogP contribution in [-0.4, -0.2) is 50.8 Å². The summed E-state index contributed by atoms with van der Waals surface area (Å²) in [5.41, 5.74) is 4.48. The number of carbonyl (C=O) groups is 2. The van der Waals surface area contributed by atoms with Crippen molar-refractivity contribution in [2.75, 3.05) is 6.54 Å². The van der Waals surface area contributed by atoms with Gasteiger partial charge in [-0.15, -0.1) is 0 Å². The average Bonchev–Trinajstić information content (AvgIpc) is 3.01. The van der Waals surface area contributed by atoms with Gasteiger partial charge in [0, 0.05) is 30.5 Å². The van der Waals surface area contributed by atoms with E-state index >= 15 is 0 Å². The smallest absolute Gasteiger partial charge is 0.306 e. The third-order valence-electron chi connectivity index (χ3n) is 7.40. The summed E-state index contributed by atoms with van der Waals surface area (Å²) in [5.74, 6) is -0.789. The highest BCUT2D eigenvalue weighted by Crippen LogP contribution is 2.43. The zero-order chi connectivity index (χ0) is 27.1. The van der Waals surface area contributed by atoms with Crippen molar-refractivity contribution in [3.05, 3.63) is 46.1 Å². The summed E-state index contributed by atoms with van der Waals surface area (Å²) in [6.45, 7) is 8.98. The first-order valence-corrected chi connectivity index (χ1v) is 13.6. The van der Waals surface area contributed by atoms with Crippen LogP contribution in [0.5, 0.6) is 11.5 Å². The Morgan fingerprint density at radius 2 is 1.95 bits per heavy atom. The number of ether oxygens (including phenoxy) is 1. The molecule has 0 radical (unpaired) electrons. The van der Waals surface area contributed by atoms with E-state index in [1.54, 1.807) is 11.8 Å². The fourth-order valence-electron chi connectivity index (χ4n) is 5.13. The molecule has 2 aliphatic rings. The van der Waals surface area contributed by atoms with Crippen molar-refractivity contribution in [3.63, 3.8) is 0 Å². The molecule has 2 heterocycles. The summed E-state index contributed by atoms with van der Waals surface area (Å²) in [6.07, 6.45) is 10.1. The molecule has 2 aliphatic heterocycles.